The van der Waals surface area contributed by atoms with E-state index in [1.807, 2.05) is 0 Å². The van der Waals surface area contributed by atoms with Crippen molar-refractivity contribution < 1.29 is 0 Å². The highest BCUT2D eigenvalue weighted by Gasteiger charge is 2.49. The molecule has 57 heavy (non-hydrogen) atoms. The molecule has 0 spiro atoms. The lowest BCUT2D eigenvalue weighted by Crippen LogP contribution is -2.40. The van der Waals surface area contributed by atoms with Gasteiger partial charge < -0.3 is 9.47 Å². The SMILES string of the molecule is CC1(C)c2cccc3c2N2c4c(cccc4C(C)(C)c4c(-c5ccc(-c6ccc7c8c6C(C)(C)c6cccc9c%10cccc(c%10n-8c69)C7(C)C)cc5)ccc1c42)C3. The lowest BCUT2D eigenvalue weighted by Gasteiger charge is -2.52. The molecule has 5 aliphatic rings. The molecule has 1 aromatic heterocycles. The first-order valence-corrected chi connectivity index (χ1v) is 20.9. The average molecular weight is 735 g/mol. The van der Waals surface area contributed by atoms with E-state index in [4.69, 9.17) is 0 Å². The minimum absolute atomic E-state index is 0.112. The molecule has 0 fully saturated rings. The van der Waals surface area contributed by atoms with Gasteiger partial charge in [-0.2, -0.15) is 0 Å². The quantitative estimate of drug-likeness (QED) is 0.172. The predicted molar refractivity (Wildman–Crippen MR) is 238 cm³/mol. The second kappa shape index (κ2) is 9.80. The maximum absolute atomic E-state index is 2.67. The summed E-state index contributed by atoms with van der Waals surface area (Å²) in [6, 6.07) is 47.3. The Labute approximate surface area is 335 Å². The van der Waals surface area contributed by atoms with Crippen molar-refractivity contribution in [2.24, 2.45) is 0 Å². The Balaban J connectivity index is 1.03. The van der Waals surface area contributed by atoms with E-state index in [9.17, 15) is 0 Å². The monoisotopic (exact) mass is 734 g/mol. The molecule has 2 nitrogen and oxygen atoms in total. The minimum Gasteiger partial charge on any atom is -0.309 e. The first-order chi connectivity index (χ1) is 27.3. The molecular weight excluding hydrogens is 689 g/mol. The summed E-state index contributed by atoms with van der Waals surface area (Å²) < 4.78 is 2.64. The number of fused-ring (bicyclic) bond motifs is 1. The van der Waals surface area contributed by atoms with Crippen LogP contribution in [0.3, 0.4) is 0 Å². The van der Waals surface area contributed by atoms with E-state index in [2.05, 4.69) is 186 Å². The zero-order valence-electron chi connectivity index (χ0n) is 34.1. The van der Waals surface area contributed by atoms with E-state index >= 15 is 0 Å². The molecule has 276 valence electrons. The third-order valence-corrected chi connectivity index (χ3v) is 15.5. The Kier molecular flexibility index (Phi) is 5.55. The lowest BCUT2D eigenvalue weighted by molar-refractivity contribution is 0.594. The Morgan fingerprint density at radius 1 is 0.368 bits per heavy atom. The number of hydrogen-bond acceptors (Lipinski definition) is 1. The third-order valence-electron chi connectivity index (χ3n) is 15.5. The Morgan fingerprint density at radius 2 is 0.772 bits per heavy atom. The van der Waals surface area contributed by atoms with Gasteiger partial charge in [0, 0.05) is 38.9 Å². The molecule has 0 unspecified atom stereocenters. The minimum atomic E-state index is -0.188. The van der Waals surface area contributed by atoms with Gasteiger partial charge in [0.1, 0.15) is 0 Å². The number of nitrogens with zero attached hydrogens (tertiary/aromatic N) is 2. The van der Waals surface area contributed by atoms with Crippen molar-refractivity contribution in [1.29, 1.82) is 0 Å². The largest absolute Gasteiger partial charge is 0.309 e. The highest BCUT2D eigenvalue weighted by Crippen LogP contribution is 2.65. The average Bonchev–Trinajstić information content (AvgIpc) is 3.54. The summed E-state index contributed by atoms with van der Waals surface area (Å²) in [5.41, 5.74) is 27.3. The third kappa shape index (κ3) is 3.50. The highest BCUT2D eigenvalue weighted by molar-refractivity contribution is 6.14. The van der Waals surface area contributed by atoms with Gasteiger partial charge in [0.15, 0.2) is 0 Å². The van der Waals surface area contributed by atoms with Crippen molar-refractivity contribution >= 4 is 38.9 Å². The Hall–Kier alpha value is -5.86. The normalized spacial score (nSPS) is 18.3. The molecule has 2 heteroatoms. The van der Waals surface area contributed by atoms with Crippen molar-refractivity contribution in [3.05, 3.63) is 177 Å². The van der Waals surface area contributed by atoms with E-state index in [0.29, 0.717) is 0 Å². The Morgan fingerprint density at radius 3 is 1.33 bits per heavy atom. The maximum atomic E-state index is 2.67. The molecular formula is C55H46N2. The molecule has 8 aromatic rings. The van der Waals surface area contributed by atoms with Crippen LogP contribution in [-0.2, 0) is 28.1 Å². The summed E-state index contributed by atoms with van der Waals surface area (Å²) in [6.45, 7) is 19.5. The maximum Gasteiger partial charge on any atom is 0.0582 e. The van der Waals surface area contributed by atoms with Gasteiger partial charge in [0.2, 0.25) is 0 Å². The molecule has 7 aromatic carbocycles. The van der Waals surface area contributed by atoms with Crippen LogP contribution in [0.4, 0.5) is 17.1 Å². The lowest BCUT2D eigenvalue weighted by atomic mass is 9.63. The van der Waals surface area contributed by atoms with E-state index in [1.54, 1.807) is 0 Å². The first-order valence-electron chi connectivity index (χ1n) is 20.9. The van der Waals surface area contributed by atoms with E-state index in [-0.39, 0.29) is 21.7 Å². The van der Waals surface area contributed by atoms with E-state index in [0.717, 1.165) is 6.42 Å². The van der Waals surface area contributed by atoms with Crippen molar-refractivity contribution in [3.63, 3.8) is 0 Å². The number of rotatable bonds is 2. The molecule has 5 aliphatic heterocycles. The van der Waals surface area contributed by atoms with Crippen LogP contribution in [-0.4, -0.2) is 4.57 Å². The molecule has 6 heterocycles. The van der Waals surface area contributed by atoms with Crippen LogP contribution in [0.5, 0.6) is 0 Å². The fraction of sp³-hybridized carbons (Fsp3) is 0.236. The number of aromatic nitrogens is 1. The van der Waals surface area contributed by atoms with Crippen molar-refractivity contribution in [2.45, 2.75) is 83.5 Å². The summed E-state index contributed by atoms with van der Waals surface area (Å²) in [5.74, 6) is 0. The zero-order valence-corrected chi connectivity index (χ0v) is 34.1. The molecule has 0 amide bonds. The van der Waals surface area contributed by atoms with Crippen LogP contribution in [0, 0.1) is 0 Å². The first kappa shape index (κ1) is 32.2. The summed E-state index contributed by atoms with van der Waals surface area (Å²) >= 11 is 0. The fourth-order valence-corrected chi connectivity index (χ4v) is 12.7. The van der Waals surface area contributed by atoms with Crippen molar-refractivity contribution in [3.8, 4) is 27.9 Å². The molecule has 0 atom stereocenters. The van der Waals surface area contributed by atoms with Crippen molar-refractivity contribution in [2.75, 3.05) is 4.90 Å². The van der Waals surface area contributed by atoms with Crippen LogP contribution in [0.15, 0.2) is 121 Å². The smallest absolute Gasteiger partial charge is 0.0582 e. The molecule has 0 bridgehead atoms. The summed E-state index contributed by atoms with van der Waals surface area (Å²) in [6.07, 6.45) is 0.984. The second-order valence-corrected chi connectivity index (χ2v) is 19.7. The van der Waals surface area contributed by atoms with Gasteiger partial charge in [-0.1, -0.05) is 177 Å². The Bertz CT molecular complexity index is 3160. The van der Waals surface area contributed by atoms with Crippen LogP contribution in [0.25, 0.3) is 49.7 Å². The van der Waals surface area contributed by atoms with Crippen LogP contribution in [0.2, 0.25) is 0 Å². The molecule has 0 N–H and O–H groups in total. The number of anilines is 3. The van der Waals surface area contributed by atoms with E-state index in [1.165, 1.54) is 122 Å². The summed E-state index contributed by atoms with van der Waals surface area (Å²) in [4.78, 5) is 2.67. The van der Waals surface area contributed by atoms with Gasteiger partial charge >= 0.3 is 0 Å². The van der Waals surface area contributed by atoms with Crippen LogP contribution < -0.4 is 4.90 Å². The predicted octanol–water partition coefficient (Wildman–Crippen LogP) is 14.0. The standard InChI is InChI=1S/C55H46N2/c1-52(2)38-17-9-13-32-29-33-14-10-18-39-47(33)56(46(32)38)50-42(52)27-25-34(44(50)54(39,5)6)30-21-23-31(24-22-30)35-26-28-43-51-45(35)55(7,8)41-20-12-16-37-36-15-11-19-40(53(43,3)4)48(36)57(51)49(37)41/h9-28H,29H2,1-8H3. The summed E-state index contributed by atoms with van der Waals surface area (Å²) in [7, 11) is 0. The molecule has 0 radical (unpaired) electrons. The van der Waals surface area contributed by atoms with Gasteiger partial charge in [-0.05, 0) is 77.9 Å². The van der Waals surface area contributed by atoms with Crippen molar-refractivity contribution in [1.82, 2.24) is 4.57 Å². The van der Waals surface area contributed by atoms with Gasteiger partial charge in [0.25, 0.3) is 0 Å². The van der Waals surface area contributed by atoms with Crippen LogP contribution >= 0.6 is 0 Å². The molecule has 0 saturated carbocycles. The topological polar surface area (TPSA) is 8.17 Å². The highest BCUT2D eigenvalue weighted by atomic mass is 15.2. The van der Waals surface area contributed by atoms with E-state index < -0.39 is 0 Å². The van der Waals surface area contributed by atoms with Gasteiger partial charge in [-0.15, -0.1) is 0 Å². The van der Waals surface area contributed by atoms with Gasteiger partial charge in [-0.25, -0.2) is 0 Å². The molecule has 13 rings (SSSR count). The number of hydrogen-bond donors (Lipinski definition) is 0. The molecule has 0 aliphatic carbocycles. The number of benzene rings is 7. The molecule has 0 saturated heterocycles. The van der Waals surface area contributed by atoms with Crippen LogP contribution in [0.1, 0.15) is 111 Å². The zero-order chi connectivity index (χ0) is 38.7. The fourth-order valence-electron chi connectivity index (χ4n) is 12.7. The van der Waals surface area contributed by atoms with Gasteiger partial charge in [-0.3, -0.25) is 0 Å². The van der Waals surface area contributed by atoms with Gasteiger partial charge in [0.05, 0.1) is 33.8 Å². The number of para-hydroxylation sites is 4. The summed E-state index contributed by atoms with van der Waals surface area (Å²) in [5, 5.41) is 2.73. The second-order valence-electron chi connectivity index (χ2n) is 19.7.